The molecule has 1 N–H and O–H groups in total. The summed E-state index contributed by atoms with van der Waals surface area (Å²) in [6, 6.07) is 4.53. The van der Waals surface area contributed by atoms with Gasteiger partial charge in [-0.05, 0) is 68.9 Å². The van der Waals surface area contributed by atoms with Gasteiger partial charge in [0.25, 0.3) is 5.91 Å². The number of nitrogens with zero attached hydrogens (tertiary/aromatic N) is 3. The number of hydrogen-bond donors (Lipinski definition) is 1. The number of hydrogen-bond acceptors (Lipinski definition) is 4. The molecule has 2 fully saturated rings. The van der Waals surface area contributed by atoms with E-state index in [2.05, 4.69) is 22.1 Å². The lowest BCUT2D eigenvalue weighted by Crippen LogP contribution is -2.53. The van der Waals surface area contributed by atoms with E-state index in [0.717, 1.165) is 24.2 Å². The Hall–Kier alpha value is -2.51. The Morgan fingerprint density at radius 2 is 1.97 bits per heavy atom. The molecule has 0 radical (unpaired) electrons. The van der Waals surface area contributed by atoms with Gasteiger partial charge in [0.05, 0.1) is 16.3 Å². The van der Waals surface area contributed by atoms with E-state index < -0.39 is 5.82 Å². The summed E-state index contributed by atoms with van der Waals surface area (Å²) in [6.45, 7) is 8.43. The molecule has 1 aromatic heterocycles. The lowest BCUT2D eigenvalue weighted by Gasteiger charge is -2.40. The van der Waals surface area contributed by atoms with Crippen molar-refractivity contribution in [3.8, 4) is 0 Å². The van der Waals surface area contributed by atoms with E-state index in [4.69, 9.17) is 11.6 Å². The van der Waals surface area contributed by atoms with Crippen molar-refractivity contribution >= 4 is 29.1 Å². The van der Waals surface area contributed by atoms with E-state index in [1.807, 2.05) is 11.8 Å². The molecule has 1 aliphatic carbocycles. The summed E-state index contributed by atoms with van der Waals surface area (Å²) in [7, 11) is 0. The van der Waals surface area contributed by atoms with Gasteiger partial charge in [0, 0.05) is 50.5 Å². The molecule has 0 bridgehead atoms. The topological polar surface area (TPSA) is 65.5 Å². The van der Waals surface area contributed by atoms with Crippen molar-refractivity contribution in [3.05, 3.63) is 57.6 Å². The molecule has 1 saturated heterocycles. The van der Waals surface area contributed by atoms with E-state index in [9.17, 15) is 14.0 Å². The maximum atomic E-state index is 14.4. The first-order chi connectivity index (χ1) is 15.7. The van der Waals surface area contributed by atoms with Gasteiger partial charge in [-0.25, -0.2) is 4.39 Å². The normalized spacial score (nSPS) is 18.9. The molecule has 0 spiro atoms. The third-order valence-corrected chi connectivity index (χ3v) is 6.98. The van der Waals surface area contributed by atoms with Crippen LogP contribution in [0.2, 0.25) is 5.02 Å². The molecule has 2 aliphatic rings. The Morgan fingerprint density at radius 1 is 1.21 bits per heavy atom. The van der Waals surface area contributed by atoms with Crippen LogP contribution in [0, 0.1) is 25.6 Å². The van der Waals surface area contributed by atoms with Crippen molar-refractivity contribution in [2.24, 2.45) is 5.92 Å². The molecule has 176 valence electrons. The molecule has 2 heterocycles. The quantitative estimate of drug-likeness (QED) is 0.668. The number of aromatic nitrogens is 1. The number of benzene rings is 1. The zero-order valence-electron chi connectivity index (χ0n) is 19.3. The highest BCUT2D eigenvalue weighted by molar-refractivity contribution is 6.31. The standard InChI is InChI=1S/C25H30ClFN4O2/c1-15-13-30(6-7-31(15)24(32)8-18-4-5-18)14-20-9-21(27)11-23(16(20)2)29-25(33)19-10-22(26)17(3)28-12-19/h9-12,15,18H,4-8,13-14H2,1-3H3,(H,29,33)/t15-/m0/s1. The van der Waals surface area contributed by atoms with Crippen molar-refractivity contribution in [3.63, 3.8) is 0 Å². The fourth-order valence-corrected chi connectivity index (χ4v) is 4.50. The van der Waals surface area contributed by atoms with Gasteiger partial charge in [0.15, 0.2) is 0 Å². The van der Waals surface area contributed by atoms with E-state index in [-0.39, 0.29) is 17.9 Å². The molecule has 6 nitrogen and oxygen atoms in total. The Balaban J connectivity index is 1.43. The minimum Gasteiger partial charge on any atom is -0.337 e. The Morgan fingerprint density at radius 3 is 2.64 bits per heavy atom. The first-order valence-electron chi connectivity index (χ1n) is 11.5. The lowest BCUT2D eigenvalue weighted by molar-refractivity contribution is -0.136. The Bertz CT molecular complexity index is 1070. The first-order valence-corrected chi connectivity index (χ1v) is 11.8. The molecule has 1 aliphatic heterocycles. The first kappa shape index (κ1) is 23.6. The fraction of sp³-hybridized carbons (Fsp3) is 0.480. The van der Waals surface area contributed by atoms with Crippen LogP contribution in [0.1, 0.15) is 53.4 Å². The Labute approximate surface area is 199 Å². The summed E-state index contributed by atoms with van der Waals surface area (Å²) >= 11 is 6.09. The number of rotatable bonds is 6. The number of aryl methyl sites for hydroxylation is 1. The second kappa shape index (κ2) is 9.77. The summed E-state index contributed by atoms with van der Waals surface area (Å²) < 4.78 is 14.4. The molecule has 0 unspecified atom stereocenters. The molecule has 33 heavy (non-hydrogen) atoms. The van der Waals surface area contributed by atoms with Crippen LogP contribution in [0.5, 0.6) is 0 Å². The molecule has 2 amide bonds. The van der Waals surface area contributed by atoms with Gasteiger partial charge in [0.2, 0.25) is 5.91 Å². The zero-order chi connectivity index (χ0) is 23.7. The van der Waals surface area contributed by atoms with Gasteiger partial charge < -0.3 is 10.2 Å². The smallest absolute Gasteiger partial charge is 0.257 e. The zero-order valence-corrected chi connectivity index (χ0v) is 20.1. The van der Waals surface area contributed by atoms with Crippen molar-refractivity contribution in [2.75, 3.05) is 25.0 Å². The minimum absolute atomic E-state index is 0.122. The van der Waals surface area contributed by atoms with E-state index >= 15 is 0 Å². The summed E-state index contributed by atoms with van der Waals surface area (Å²) in [6.07, 6.45) is 4.46. The average molecular weight is 473 g/mol. The molecular weight excluding hydrogens is 443 g/mol. The predicted octanol–water partition coefficient (Wildman–Crippen LogP) is 4.58. The number of halogens is 2. The average Bonchev–Trinajstić information content (AvgIpc) is 3.57. The number of nitrogens with one attached hydrogen (secondary N) is 1. The summed E-state index contributed by atoms with van der Waals surface area (Å²) in [5.74, 6) is 0.0398. The van der Waals surface area contributed by atoms with Gasteiger partial charge in [-0.1, -0.05) is 11.6 Å². The highest BCUT2D eigenvalue weighted by Crippen LogP contribution is 2.33. The number of piperazine rings is 1. The lowest BCUT2D eigenvalue weighted by atomic mass is 10.0. The molecule has 8 heteroatoms. The number of carbonyl (C=O) groups is 2. The molecule has 1 aromatic carbocycles. The fourth-order valence-electron chi connectivity index (χ4n) is 4.33. The summed E-state index contributed by atoms with van der Waals surface area (Å²) in [5.41, 5.74) is 3.02. The van der Waals surface area contributed by atoms with Crippen LogP contribution in [0.15, 0.2) is 24.4 Å². The van der Waals surface area contributed by atoms with Gasteiger partial charge in [0.1, 0.15) is 5.82 Å². The third-order valence-electron chi connectivity index (χ3n) is 6.60. The van der Waals surface area contributed by atoms with E-state index in [0.29, 0.717) is 47.4 Å². The maximum Gasteiger partial charge on any atom is 0.257 e. The van der Waals surface area contributed by atoms with Crippen molar-refractivity contribution in [1.82, 2.24) is 14.8 Å². The number of carbonyl (C=O) groups excluding carboxylic acids is 2. The van der Waals surface area contributed by atoms with Crippen molar-refractivity contribution in [1.29, 1.82) is 0 Å². The second-order valence-corrected chi connectivity index (χ2v) is 9.71. The van der Waals surface area contributed by atoms with Crippen LogP contribution in [-0.4, -0.2) is 52.3 Å². The SMILES string of the molecule is Cc1ncc(C(=O)Nc2cc(F)cc(CN3CCN(C(=O)CC4CC4)[C@@H](C)C3)c2C)cc1Cl. The highest BCUT2D eigenvalue weighted by atomic mass is 35.5. The second-order valence-electron chi connectivity index (χ2n) is 9.30. The molecule has 1 saturated carbocycles. The molecule has 1 atom stereocenters. The van der Waals surface area contributed by atoms with Crippen LogP contribution in [-0.2, 0) is 11.3 Å². The number of pyridine rings is 1. The van der Waals surface area contributed by atoms with Gasteiger partial charge in [-0.2, -0.15) is 0 Å². The van der Waals surface area contributed by atoms with Gasteiger partial charge in [-0.15, -0.1) is 0 Å². The van der Waals surface area contributed by atoms with Crippen LogP contribution >= 0.6 is 11.6 Å². The predicted molar refractivity (Wildman–Crippen MR) is 127 cm³/mol. The number of amides is 2. The van der Waals surface area contributed by atoms with E-state index in [1.165, 1.54) is 31.2 Å². The Kier molecular flexibility index (Phi) is 7.00. The maximum absolute atomic E-state index is 14.4. The van der Waals surface area contributed by atoms with Crippen LogP contribution < -0.4 is 5.32 Å². The number of anilines is 1. The van der Waals surface area contributed by atoms with Crippen molar-refractivity contribution in [2.45, 2.75) is 52.6 Å². The minimum atomic E-state index is -0.405. The molecule has 2 aromatic rings. The third kappa shape index (κ3) is 5.71. The highest BCUT2D eigenvalue weighted by Gasteiger charge is 2.32. The van der Waals surface area contributed by atoms with Crippen molar-refractivity contribution < 1.29 is 14.0 Å². The van der Waals surface area contributed by atoms with Crippen LogP contribution in [0.3, 0.4) is 0 Å². The summed E-state index contributed by atoms with van der Waals surface area (Å²) in [4.78, 5) is 33.6. The summed E-state index contributed by atoms with van der Waals surface area (Å²) in [5, 5.41) is 3.20. The van der Waals surface area contributed by atoms with E-state index in [1.54, 1.807) is 13.0 Å². The van der Waals surface area contributed by atoms with Crippen LogP contribution in [0.25, 0.3) is 0 Å². The molecular formula is C25H30ClFN4O2. The largest absolute Gasteiger partial charge is 0.337 e. The van der Waals surface area contributed by atoms with Gasteiger partial charge in [-0.3, -0.25) is 19.5 Å². The molecule has 4 rings (SSSR count). The monoisotopic (exact) mass is 472 g/mol. The van der Waals surface area contributed by atoms with Gasteiger partial charge >= 0.3 is 0 Å². The van der Waals surface area contributed by atoms with Crippen LogP contribution in [0.4, 0.5) is 10.1 Å².